The van der Waals surface area contributed by atoms with Crippen molar-refractivity contribution < 1.29 is 19.1 Å². The van der Waals surface area contributed by atoms with Crippen molar-refractivity contribution >= 4 is 29.3 Å². The lowest BCUT2D eigenvalue weighted by atomic mass is 10.2. The van der Waals surface area contributed by atoms with Crippen LogP contribution in [0.15, 0.2) is 36.8 Å². The molecule has 3 rings (SSSR count). The molecule has 1 aliphatic rings. The van der Waals surface area contributed by atoms with Gasteiger partial charge in [-0.05, 0) is 31.0 Å². The van der Waals surface area contributed by atoms with Gasteiger partial charge >= 0.3 is 5.97 Å². The number of amides is 2. The van der Waals surface area contributed by atoms with E-state index < -0.39 is 11.9 Å². The largest absolute Gasteiger partial charge is 0.465 e. The van der Waals surface area contributed by atoms with Gasteiger partial charge in [0.05, 0.1) is 24.6 Å². The smallest absolute Gasteiger partial charge is 0.339 e. The summed E-state index contributed by atoms with van der Waals surface area (Å²) >= 11 is 0. The van der Waals surface area contributed by atoms with Crippen LogP contribution in [0.3, 0.4) is 0 Å². The monoisotopic (exact) mass is 340 g/mol. The van der Waals surface area contributed by atoms with Crippen molar-refractivity contribution in [2.24, 2.45) is 5.92 Å². The van der Waals surface area contributed by atoms with Gasteiger partial charge in [0.25, 0.3) is 5.91 Å². The molecule has 2 N–H and O–H groups in total. The summed E-state index contributed by atoms with van der Waals surface area (Å²) in [6.45, 7) is 0. The number of pyridine rings is 2. The molecule has 0 atom stereocenters. The summed E-state index contributed by atoms with van der Waals surface area (Å²) in [5, 5.41) is 5.33. The molecule has 0 spiro atoms. The highest BCUT2D eigenvalue weighted by Gasteiger charge is 2.29. The Morgan fingerprint density at radius 1 is 1.12 bits per heavy atom. The molecular formula is C17H16N4O4. The van der Waals surface area contributed by atoms with Gasteiger partial charge in [-0.25, -0.2) is 9.78 Å². The molecule has 25 heavy (non-hydrogen) atoms. The average Bonchev–Trinajstić information content (AvgIpc) is 3.46. The Hall–Kier alpha value is -3.29. The number of carbonyl (C=O) groups is 3. The Bertz CT molecular complexity index is 833. The van der Waals surface area contributed by atoms with Gasteiger partial charge in [-0.2, -0.15) is 0 Å². The van der Waals surface area contributed by atoms with Crippen LogP contribution in [0.4, 0.5) is 11.5 Å². The van der Waals surface area contributed by atoms with Crippen LogP contribution in [0.2, 0.25) is 0 Å². The van der Waals surface area contributed by atoms with E-state index >= 15 is 0 Å². The second kappa shape index (κ2) is 7.08. The molecule has 0 saturated heterocycles. The Balaban J connectivity index is 1.70. The number of aromatic nitrogens is 2. The van der Waals surface area contributed by atoms with Crippen molar-refractivity contribution in [3.8, 4) is 0 Å². The van der Waals surface area contributed by atoms with Crippen LogP contribution in [0, 0.1) is 5.92 Å². The van der Waals surface area contributed by atoms with Crippen LogP contribution >= 0.6 is 0 Å². The molecule has 1 aliphatic carbocycles. The van der Waals surface area contributed by atoms with Crippen molar-refractivity contribution in [3.63, 3.8) is 0 Å². The molecule has 8 heteroatoms. The molecule has 1 fully saturated rings. The van der Waals surface area contributed by atoms with E-state index in [1.165, 1.54) is 43.9 Å². The molecule has 0 bridgehead atoms. The van der Waals surface area contributed by atoms with E-state index in [-0.39, 0.29) is 17.4 Å². The SMILES string of the molecule is COC(=O)c1cncc(NC(=O)c2ccnc(NC(=O)C3CC3)c2)c1. The highest BCUT2D eigenvalue weighted by Crippen LogP contribution is 2.30. The number of hydrogen-bond donors (Lipinski definition) is 2. The zero-order valence-corrected chi connectivity index (χ0v) is 13.5. The van der Waals surface area contributed by atoms with E-state index in [1.807, 2.05) is 0 Å². The second-order valence-corrected chi connectivity index (χ2v) is 5.60. The first-order valence-electron chi connectivity index (χ1n) is 7.68. The number of nitrogens with one attached hydrogen (secondary N) is 2. The fraction of sp³-hybridized carbons (Fsp3) is 0.235. The molecule has 0 unspecified atom stereocenters. The minimum atomic E-state index is -0.544. The first-order valence-corrected chi connectivity index (χ1v) is 7.68. The molecular weight excluding hydrogens is 324 g/mol. The van der Waals surface area contributed by atoms with Gasteiger partial charge in [-0.3, -0.25) is 14.6 Å². The predicted molar refractivity (Wildman–Crippen MR) is 89.1 cm³/mol. The van der Waals surface area contributed by atoms with Gasteiger partial charge in [-0.15, -0.1) is 0 Å². The maximum absolute atomic E-state index is 12.4. The highest BCUT2D eigenvalue weighted by atomic mass is 16.5. The molecule has 8 nitrogen and oxygen atoms in total. The third kappa shape index (κ3) is 4.17. The normalized spacial score (nSPS) is 13.0. The molecule has 2 heterocycles. The lowest BCUT2D eigenvalue weighted by Crippen LogP contribution is -2.16. The van der Waals surface area contributed by atoms with Crippen LogP contribution in [0.25, 0.3) is 0 Å². The van der Waals surface area contributed by atoms with Crippen molar-refractivity contribution in [3.05, 3.63) is 47.9 Å². The van der Waals surface area contributed by atoms with Gasteiger partial charge < -0.3 is 15.4 Å². The Kier molecular flexibility index (Phi) is 4.69. The number of methoxy groups -OCH3 is 1. The topological polar surface area (TPSA) is 110 Å². The van der Waals surface area contributed by atoms with Gasteiger partial charge in [0.2, 0.25) is 5.91 Å². The molecule has 2 amide bonds. The van der Waals surface area contributed by atoms with E-state index in [9.17, 15) is 14.4 Å². The number of esters is 1. The summed E-state index contributed by atoms with van der Waals surface area (Å²) in [4.78, 5) is 43.6. The summed E-state index contributed by atoms with van der Waals surface area (Å²) in [7, 11) is 1.27. The molecule has 0 radical (unpaired) electrons. The van der Waals surface area contributed by atoms with Crippen LogP contribution in [-0.4, -0.2) is 34.9 Å². The van der Waals surface area contributed by atoms with Crippen molar-refractivity contribution in [1.82, 2.24) is 9.97 Å². The van der Waals surface area contributed by atoms with Gasteiger partial charge in [0.1, 0.15) is 5.82 Å². The van der Waals surface area contributed by atoms with Gasteiger partial charge in [0, 0.05) is 23.9 Å². The lowest BCUT2D eigenvalue weighted by Gasteiger charge is -2.08. The van der Waals surface area contributed by atoms with E-state index in [4.69, 9.17) is 0 Å². The van der Waals surface area contributed by atoms with Crippen LogP contribution in [0.5, 0.6) is 0 Å². The van der Waals surface area contributed by atoms with Crippen LogP contribution < -0.4 is 10.6 Å². The number of rotatable bonds is 5. The number of nitrogens with zero attached hydrogens (tertiary/aromatic N) is 2. The quantitative estimate of drug-likeness (QED) is 0.804. The number of anilines is 2. The van der Waals surface area contributed by atoms with Gasteiger partial charge in [-0.1, -0.05) is 0 Å². The second-order valence-electron chi connectivity index (χ2n) is 5.60. The van der Waals surface area contributed by atoms with E-state index in [0.717, 1.165) is 12.8 Å². The van der Waals surface area contributed by atoms with Crippen LogP contribution in [0.1, 0.15) is 33.6 Å². The first kappa shape index (κ1) is 16.6. The number of ether oxygens (including phenoxy) is 1. The third-order valence-electron chi connectivity index (χ3n) is 3.64. The lowest BCUT2D eigenvalue weighted by molar-refractivity contribution is -0.117. The van der Waals surface area contributed by atoms with Crippen molar-refractivity contribution in [2.45, 2.75) is 12.8 Å². The molecule has 2 aromatic rings. The van der Waals surface area contributed by atoms with E-state index in [1.54, 1.807) is 0 Å². The Labute approximate surface area is 143 Å². The van der Waals surface area contributed by atoms with E-state index in [0.29, 0.717) is 17.1 Å². The first-order chi connectivity index (χ1) is 12.1. The zero-order chi connectivity index (χ0) is 17.8. The molecule has 0 aromatic carbocycles. The Morgan fingerprint density at radius 2 is 1.92 bits per heavy atom. The molecule has 128 valence electrons. The number of carbonyl (C=O) groups excluding carboxylic acids is 3. The zero-order valence-electron chi connectivity index (χ0n) is 13.5. The molecule has 0 aliphatic heterocycles. The van der Waals surface area contributed by atoms with E-state index in [2.05, 4.69) is 25.3 Å². The van der Waals surface area contributed by atoms with Gasteiger partial charge in [0.15, 0.2) is 0 Å². The number of hydrogen-bond acceptors (Lipinski definition) is 6. The molecule has 2 aromatic heterocycles. The average molecular weight is 340 g/mol. The fourth-order valence-electron chi connectivity index (χ4n) is 2.15. The maximum Gasteiger partial charge on any atom is 0.339 e. The predicted octanol–water partition coefficient (Wildman–Crippen LogP) is 1.86. The maximum atomic E-state index is 12.4. The van der Waals surface area contributed by atoms with Crippen molar-refractivity contribution in [1.29, 1.82) is 0 Å². The summed E-state index contributed by atoms with van der Waals surface area (Å²) in [6.07, 6.45) is 5.98. The standard InChI is InChI=1S/C17H16N4O4/c1-25-17(24)12-6-13(9-18-8-12)20-16(23)11-4-5-19-14(7-11)21-15(22)10-2-3-10/h4-10H,2-3H2,1H3,(H,20,23)(H,19,21,22). The minimum absolute atomic E-state index is 0.0476. The third-order valence-corrected chi connectivity index (χ3v) is 3.64. The molecule has 1 saturated carbocycles. The summed E-state index contributed by atoms with van der Waals surface area (Å²) in [5.41, 5.74) is 0.908. The summed E-state index contributed by atoms with van der Waals surface area (Å²) < 4.78 is 4.62. The highest BCUT2D eigenvalue weighted by molar-refractivity contribution is 6.05. The minimum Gasteiger partial charge on any atom is -0.465 e. The Morgan fingerprint density at radius 3 is 2.64 bits per heavy atom. The van der Waals surface area contributed by atoms with Crippen LogP contribution in [-0.2, 0) is 9.53 Å². The summed E-state index contributed by atoms with van der Waals surface area (Å²) in [5.74, 6) is -0.664. The fourth-order valence-corrected chi connectivity index (χ4v) is 2.15. The van der Waals surface area contributed by atoms with Crippen molar-refractivity contribution in [2.75, 3.05) is 17.7 Å². The summed E-state index contributed by atoms with van der Waals surface area (Å²) in [6, 6.07) is 4.49.